The van der Waals surface area contributed by atoms with Gasteiger partial charge in [0, 0.05) is 12.1 Å². The van der Waals surface area contributed by atoms with Crippen molar-refractivity contribution in [2.45, 2.75) is 56.0 Å². The summed E-state index contributed by atoms with van der Waals surface area (Å²) in [7, 11) is 0. The number of nitrogens with zero attached hydrogens (tertiary/aromatic N) is 1. The molecule has 0 aromatic heterocycles. The normalized spacial score (nSPS) is 32.7. The number of rotatable bonds is 5. The molecule has 0 unspecified atom stereocenters. The maximum absolute atomic E-state index is 9.61. The number of benzene rings is 1. The summed E-state index contributed by atoms with van der Waals surface area (Å²) >= 11 is 0. The summed E-state index contributed by atoms with van der Waals surface area (Å²) < 4.78 is 0. The molecule has 1 aromatic carbocycles. The first-order chi connectivity index (χ1) is 9.81. The molecular formula is C18H22N2. The summed E-state index contributed by atoms with van der Waals surface area (Å²) in [5.74, 6) is 1.88. The minimum Gasteiger partial charge on any atom is -0.311 e. The first kappa shape index (κ1) is 12.4. The molecule has 0 bridgehead atoms. The van der Waals surface area contributed by atoms with Crippen LogP contribution < -0.4 is 5.32 Å². The van der Waals surface area contributed by atoms with Crippen LogP contribution in [0.2, 0.25) is 0 Å². The second-order valence-electron chi connectivity index (χ2n) is 7.03. The molecule has 2 heteroatoms. The number of nitrogens with one attached hydrogen (secondary N) is 1. The van der Waals surface area contributed by atoms with Crippen molar-refractivity contribution < 1.29 is 0 Å². The van der Waals surface area contributed by atoms with E-state index in [0.29, 0.717) is 6.04 Å². The molecule has 0 heterocycles. The Kier molecular flexibility index (Phi) is 2.86. The Morgan fingerprint density at radius 1 is 1.05 bits per heavy atom. The second-order valence-corrected chi connectivity index (χ2v) is 7.03. The van der Waals surface area contributed by atoms with Crippen molar-refractivity contribution in [2.75, 3.05) is 0 Å². The average molecular weight is 266 g/mol. The van der Waals surface area contributed by atoms with E-state index in [9.17, 15) is 5.26 Å². The third-order valence-electron chi connectivity index (χ3n) is 5.42. The van der Waals surface area contributed by atoms with Crippen LogP contribution in [-0.2, 0) is 5.41 Å². The van der Waals surface area contributed by atoms with Crippen LogP contribution in [0.3, 0.4) is 0 Å². The van der Waals surface area contributed by atoms with Gasteiger partial charge < -0.3 is 5.32 Å². The lowest BCUT2D eigenvalue weighted by atomic mass is 9.62. The minimum absolute atomic E-state index is 0.226. The minimum atomic E-state index is -0.226. The van der Waals surface area contributed by atoms with Crippen molar-refractivity contribution in [3.63, 3.8) is 0 Å². The van der Waals surface area contributed by atoms with Gasteiger partial charge in [-0.15, -0.1) is 0 Å². The molecule has 0 amide bonds. The van der Waals surface area contributed by atoms with E-state index in [0.717, 1.165) is 30.7 Å². The van der Waals surface area contributed by atoms with Gasteiger partial charge in [-0.05, 0) is 55.9 Å². The van der Waals surface area contributed by atoms with Gasteiger partial charge in [-0.2, -0.15) is 5.26 Å². The van der Waals surface area contributed by atoms with Crippen molar-refractivity contribution in [3.05, 3.63) is 35.9 Å². The van der Waals surface area contributed by atoms with E-state index in [1.165, 1.54) is 31.2 Å². The molecule has 3 aliphatic carbocycles. The van der Waals surface area contributed by atoms with E-state index in [2.05, 4.69) is 23.5 Å². The molecule has 0 atom stereocenters. The number of nitriles is 1. The number of hydrogen-bond acceptors (Lipinski definition) is 2. The van der Waals surface area contributed by atoms with Crippen molar-refractivity contribution in [2.24, 2.45) is 11.8 Å². The van der Waals surface area contributed by atoms with Gasteiger partial charge in [-0.1, -0.05) is 30.3 Å². The summed E-state index contributed by atoms with van der Waals surface area (Å²) in [5, 5.41) is 13.5. The maximum atomic E-state index is 9.61. The molecule has 1 N–H and O–H groups in total. The molecule has 0 radical (unpaired) electrons. The lowest BCUT2D eigenvalue weighted by molar-refractivity contribution is 0.195. The van der Waals surface area contributed by atoms with Gasteiger partial charge in [-0.3, -0.25) is 0 Å². The summed E-state index contributed by atoms with van der Waals surface area (Å²) in [4.78, 5) is 0. The molecule has 2 nitrogen and oxygen atoms in total. The highest BCUT2D eigenvalue weighted by Crippen LogP contribution is 2.48. The van der Waals surface area contributed by atoms with Crippen LogP contribution in [0.4, 0.5) is 0 Å². The summed E-state index contributed by atoms with van der Waals surface area (Å²) in [6, 6.07) is 14.2. The topological polar surface area (TPSA) is 35.8 Å². The molecule has 0 saturated heterocycles. The van der Waals surface area contributed by atoms with Gasteiger partial charge in [0.15, 0.2) is 0 Å². The highest BCUT2D eigenvalue weighted by molar-refractivity contribution is 5.37. The Hall–Kier alpha value is -1.33. The Bertz CT molecular complexity index is 504. The van der Waals surface area contributed by atoms with Crippen LogP contribution in [0.15, 0.2) is 30.3 Å². The van der Waals surface area contributed by atoms with Crippen LogP contribution in [-0.4, -0.2) is 12.1 Å². The molecule has 0 spiro atoms. The Balaban J connectivity index is 1.41. The smallest absolute Gasteiger partial charge is 0.0852 e. The third kappa shape index (κ3) is 2.15. The lowest BCUT2D eigenvalue weighted by Crippen LogP contribution is -2.54. The monoisotopic (exact) mass is 266 g/mol. The molecule has 3 aliphatic rings. The molecule has 104 valence electrons. The first-order valence-electron chi connectivity index (χ1n) is 8.03. The van der Waals surface area contributed by atoms with Gasteiger partial charge in [0.1, 0.15) is 0 Å². The van der Waals surface area contributed by atoms with Crippen molar-refractivity contribution in [1.29, 1.82) is 5.26 Å². The van der Waals surface area contributed by atoms with Gasteiger partial charge in [0.05, 0.1) is 11.5 Å². The fourth-order valence-electron chi connectivity index (χ4n) is 3.89. The van der Waals surface area contributed by atoms with Gasteiger partial charge in [-0.25, -0.2) is 0 Å². The fourth-order valence-corrected chi connectivity index (χ4v) is 3.89. The van der Waals surface area contributed by atoms with E-state index in [1.54, 1.807) is 0 Å². The zero-order valence-corrected chi connectivity index (χ0v) is 11.9. The summed E-state index contributed by atoms with van der Waals surface area (Å²) in [5.41, 5.74) is 0.978. The van der Waals surface area contributed by atoms with E-state index >= 15 is 0 Å². The Labute approximate surface area is 121 Å². The largest absolute Gasteiger partial charge is 0.311 e. The molecule has 4 rings (SSSR count). The van der Waals surface area contributed by atoms with Crippen LogP contribution >= 0.6 is 0 Å². The maximum Gasteiger partial charge on any atom is 0.0852 e. The van der Waals surface area contributed by atoms with Gasteiger partial charge >= 0.3 is 0 Å². The average Bonchev–Trinajstić information content (AvgIpc) is 3.32. The molecule has 20 heavy (non-hydrogen) atoms. The fraction of sp³-hybridized carbons (Fsp3) is 0.611. The zero-order valence-electron chi connectivity index (χ0n) is 11.9. The molecule has 1 aromatic rings. The summed E-state index contributed by atoms with van der Waals surface area (Å²) in [6.07, 6.45) is 7.66. The molecule has 3 fully saturated rings. The second kappa shape index (κ2) is 4.60. The highest BCUT2D eigenvalue weighted by atomic mass is 15.0. The Morgan fingerprint density at radius 2 is 1.65 bits per heavy atom. The molecular weight excluding hydrogens is 244 g/mol. The van der Waals surface area contributed by atoms with Crippen molar-refractivity contribution >= 4 is 0 Å². The third-order valence-corrected chi connectivity index (χ3v) is 5.42. The molecule has 3 saturated carbocycles. The van der Waals surface area contributed by atoms with E-state index in [1.807, 2.05) is 18.2 Å². The van der Waals surface area contributed by atoms with Crippen LogP contribution in [0.5, 0.6) is 0 Å². The predicted octanol–water partition coefficient (Wildman–Crippen LogP) is 3.39. The SMILES string of the molecule is N#CC1(c2ccccc2)CC(NC(C2CC2)C2CC2)C1. The number of hydrogen-bond donors (Lipinski definition) is 1. The quantitative estimate of drug-likeness (QED) is 0.886. The van der Waals surface area contributed by atoms with Crippen LogP contribution in [0, 0.1) is 23.2 Å². The zero-order chi connectivity index (χ0) is 13.6. The van der Waals surface area contributed by atoms with Gasteiger partial charge in [0.25, 0.3) is 0 Å². The predicted molar refractivity (Wildman–Crippen MR) is 79.1 cm³/mol. The Morgan fingerprint density at radius 3 is 2.15 bits per heavy atom. The lowest BCUT2D eigenvalue weighted by Gasteiger charge is -2.45. The van der Waals surface area contributed by atoms with Crippen LogP contribution in [0.25, 0.3) is 0 Å². The highest BCUT2D eigenvalue weighted by Gasteiger charge is 2.49. The standard InChI is InChI=1S/C18H22N2/c19-12-18(15-4-2-1-3-5-15)10-16(11-18)20-17(13-6-7-13)14-8-9-14/h1-5,13-14,16-17,20H,6-11H2. The van der Waals surface area contributed by atoms with Crippen molar-refractivity contribution in [3.8, 4) is 6.07 Å². The van der Waals surface area contributed by atoms with Gasteiger partial charge in [0.2, 0.25) is 0 Å². The van der Waals surface area contributed by atoms with E-state index < -0.39 is 0 Å². The van der Waals surface area contributed by atoms with Crippen molar-refractivity contribution in [1.82, 2.24) is 5.32 Å². The van der Waals surface area contributed by atoms with E-state index in [4.69, 9.17) is 0 Å². The van der Waals surface area contributed by atoms with Crippen LogP contribution in [0.1, 0.15) is 44.1 Å². The molecule has 0 aliphatic heterocycles. The van der Waals surface area contributed by atoms with E-state index in [-0.39, 0.29) is 5.41 Å². The first-order valence-corrected chi connectivity index (χ1v) is 8.03. The summed E-state index contributed by atoms with van der Waals surface area (Å²) in [6.45, 7) is 0.